The molecule has 1 aromatic heterocycles. The Morgan fingerprint density at radius 2 is 1.76 bits per heavy atom. The SMILES string of the molecule is O=C(C1CCCC1)N1CCN(Cc2cnn(-c3ccccc3)c2)CC1. The number of hydrogen-bond acceptors (Lipinski definition) is 3. The van der Waals surface area contributed by atoms with Gasteiger partial charge in [0.05, 0.1) is 11.9 Å². The molecule has 1 saturated heterocycles. The second-order valence-corrected chi connectivity index (χ2v) is 7.21. The van der Waals surface area contributed by atoms with Gasteiger partial charge in [-0.3, -0.25) is 9.69 Å². The number of para-hydroxylation sites is 1. The third-order valence-corrected chi connectivity index (χ3v) is 5.45. The maximum absolute atomic E-state index is 12.5. The topological polar surface area (TPSA) is 41.4 Å². The number of piperazine rings is 1. The third-order valence-electron chi connectivity index (χ3n) is 5.45. The van der Waals surface area contributed by atoms with Crippen molar-refractivity contribution < 1.29 is 4.79 Å². The monoisotopic (exact) mass is 338 g/mol. The minimum atomic E-state index is 0.302. The Labute approximate surface area is 149 Å². The highest BCUT2D eigenvalue weighted by atomic mass is 16.2. The van der Waals surface area contributed by atoms with E-state index in [2.05, 4.69) is 33.2 Å². The summed E-state index contributed by atoms with van der Waals surface area (Å²) in [5, 5.41) is 4.47. The van der Waals surface area contributed by atoms with Crippen molar-refractivity contribution in [2.45, 2.75) is 32.2 Å². The molecule has 5 nitrogen and oxygen atoms in total. The van der Waals surface area contributed by atoms with E-state index in [1.54, 1.807) is 0 Å². The van der Waals surface area contributed by atoms with E-state index in [0.717, 1.165) is 51.3 Å². The number of hydrogen-bond donors (Lipinski definition) is 0. The summed E-state index contributed by atoms with van der Waals surface area (Å²) in [5.41, 5.74) is 2.31. The van der Waals surface area contributed by atoms with Crippen molar-refractivity contribution in [3.8, 4) is 5.69 Å². The molecular formula is C20H26N4O. The molecule has 0 unspecified atom stereocenters. The number of carbonyl (C=O) groups excluding carboxylic acids is 1. The Kier molecular flexibility index (Phi) is 4.83. The molecule has 1 aliphatic heterocycles. The van der Waals surface area contributed by atoms with Crippen molar-refractivity contribution in [3.05, 3.63) is 48.3 Å². The van der Waals surface area contributed by atoms with Crippen molar-refractivity contribution in [3.63, 3.8) is 0 Å². The Bertz CT molecular complexity index is 697. The Hall–Kier alpha value is -2.14. The molecule has 132 valence electrons. The minimum Gasteiger partial charge on any atom is -0.340 e. The fraction of sp³-hybridized carbons (Fsp3) is 0.500. The zero-order chi connectivity index (χ0) is 17.1. The van der Waals surface area contributed by atoms with Crippen molar-refractivity contribution in [1.82, 2.24) is 19.6 Å². The lowest BCUT2D eigenvalue weighted by molar-refractivity contribution is -0.137. The van der Waals surface area contributed by atoms with E-state index in [1.807, 2.05) is 29.1 Å². The third kappa shape index (κ3) is 3.76. The van der Waals surface area contributed by atoms with Crippen molar-refractivity contribution in [2.24, 2.45) is 5.92 Å². The second kappa shape index (κ2) is 7.40. The molecule has 0 bridgehead atoms. The first-order valence-corrected chi connectivity index (χ1v) is 9.40. The summed E-state index contributed by atoms with van der Waals surface area (Å²) in [5.74, 6) is 0.699. The lowest BCUT2D eigenvalue weighted by Crippen LogP contribution is -2.49. The van der Waals surface area contributed by atoms with Crippen LogP contribution in [-0.2, 0) is 11.3 Å². The molecular weight excluding hydrogens is 312 g/mol. The van der Waals surface area contributed by atoms with Crippen LogP contribution in [0.5, 0.6) is 0 Å². The summed E-state index contributed by atoms with van der Waals surface area (Å²) < 4.78 is 1.93. The largest absolute Gasteiger partial charge is 0.340 e. The fourth-order valence-corrected chi connectivity index (χ4v) is 3.98. The second-order valence-electron chi connectivity index (χ2n) is 7.21. The first kappa shape index (κ1) is 16.3. The molecule has 0 atom stereocenters. The van der Waals surface area contributed by atoms with Gasteiger partial charge in [-0.15, -0.1) is 0 Å². The maximum Gasteiger partial charge on any atom is 0.225 e. The predicted octanol–water partition coefficient (Wildman–Crippen LogP) is 2.71. The average molecular weight is 338 g/mol. The van der Waals surface area contributed by atoms with Crippen LogP contribution in [0, 0.1) is 5.92 Å². The Morgan fingerprint density at radius 3 is 2.48 bits per heavy atom. The summed E-state index contributed by atoms with van der Waals surface area (Å²) in [6, 6.07) is 10.2. The lowest BCUT2D eigenvalue weighted by atomic mass is 10.1. The van der Waals surface area contributed by atoms with Crippen LogP contribution >= 0.6 is 0 Å². The van der Waals surface area contributed by atoms with Gasteiger partial charge in [0.1, 0.15) is 0 Å². The Morgan fingerprint density at radius 1 is 1.04 bits per heavy atom. The van der Waals surface area contributed by atoms with Crippen LogP contribution in [0.2, 0.25) is 0 Å². The van der Waals surface area contributed by atoms with Crippen LogP contribution in [0.4, 0.5) is 0 Å². The van der Waals surface area contributed by atoms with Gasteiger partial charge in [0.2, 0.25) is 5.91 Å². The van der Waals surface area contributed by atoms with Crippen molar-refractivity contribution >= 4 is 5.91 Å². The van der Waals surface area contributed by atoms with Crippen LogP contribution in [0.1, 0.15) is 31.2 Å². The van der Waals surface area contributed by atoms with Gasteiger partial charge in [0.15, 0.2) is 0 Å². The van der Waals surface area contributed by atoms with Gasteiger partial charge >= 0.3 is 0 Å². The zero-order valence-electron chi connectivity index (χ0n) is 14.7. The lowest BCUT2D eigenvalue weighted by Gasteiger charge is -2.35. The van der Waals surface area contributed by atoms with Crippen LogP contribution in [0.15, 0.2) is 42.7 Å². The summed E-state index contributed by atoms with van der Waals surface area (Å²) in [6.45, 7) is 4.53. The molecule has 0 N–H and O–H groups in total. The van der Waals surface area contributed by atoms with E-state index in [9.17, 15) is 4.79 Å². The number of aromatic nitrogens is 2. The smallest absolute Gasteiger partial charge is 0.225 e. The average Bonchev–Trinajstić information content (AvgIpc) is 3.35. The summed E-state index contributed by atoms with van der Waals surface area (Å²) >= 11 is 0. The molecule has 2 aliphatic rings. The highest BCUT2D eigenvalue weighted by molar-refractivity contribution is 5.79. The van der Waals surface area contributed by atoms with Crippen LogP contribution in [-0.4, -0.2) is 51.7 Å². The minimum absolute atomic E-state index is 0.302. The van der Waals surface area contributed by atoms with E-state index in [1.165, 1.54) is 18.4 Å². The summed E-state index contributed by atoms with van der Waals surface area (Å²) in [7, 11) is 0. The molecule has 2 heterocycles. The number of nitrogens with zero attached hydrogens (tertiary/aromatic N) is 4. The van der Waals surface area contributed by atoms with Gasteiger partial charge in [-0.2, -0.15) is 5.10 Å². The maximum atomic E-state index is 12.5. The van der Waals surface area contributed by atoms with Crippen LogP contribution in [0.3, 0.4) is 0 Å². The molecule has 4 rings (SSSR count). The Balaban J connectivity index is 1.30. The van der Waals surface area contributed by atoms with Gasteiger partial charge in [0.25, 0.3) is 0 Å². The summed E-state index contributed by atoms with van der Waals surface area (Å²) in [6.07, 6.45) is 8.69. The van der Waals surface area contributed by atoms with Crippen LogP contribution < -0.4 is 0 Å². The molecule has 0 radical (unpaired) electrons. The first-order valence-electron chi connectivity index (χ1n) is 9.40. The van der Waals surface area contributed by atoms with E-state index >= 15 is 0 Å². The molecule has 1 amide bonds. The van der Waals surface area contributed by atoms with E-state index in [0.29, 0.717) is 11.8 Å². The molecule has 2 fully saturated rings. The van der Waals surface area contributed by atoms with Gasteiger partial charge in [-0.1, -0.05) is 31.0 Å². The molecule has 25 heavy (non-hydrogen) atoms. The normalized spacial score (nSPS) is 19.4. The molecule has 0 spiro atoms. The van der Waals surface area contributed by atoms with E-state index in [4.69, 9.17) is 0 Å². The molecule has 1 saturated carbocycles. The van der Waals surface area contributed by atoms with Crippen molar-refractivity contribution in [2.75, 3.05) is 26.2 Å². The van der Waals surface area contributed by atoms with E-state index in [-0.39, 0.29) is 0 Å². The van der Waals surface area contributed by atoms with Gasteiger partial charge < -0.3 is 4.90 Å². The number of benzene rings is 1. The van der Waals surface area contributed by atoms with Gasteiger partial charge in [-0.25, -0.2) is 4.68 Å². The van der Waals surface area contributed by atoms with Gasteiger partial charge in [-0.05, 0) is 25.0 Å². The van der Waals surface area contributed by atoms with E-state index < -0.39 is 0 Å². The fourth-order valence-electron chi connectivity index (χ4n) is 3.98. The number of amides is 1. The number of carbonyl (C=O) groups is 1. The highest BCUT2D eigenvalue weighted by Crippen LogP contribution is 2.27. The standard InChI is InChI=1S/C20H26N4O/c25-20(18-6-4-5-7-18)23-12-10-22(11-13-23)15-17-14-21-24(16-17)19-8-2-1-3-9-19/h1-3,8-9,14,16,18H,4-7,10-13,15H2. The predicted molar refractivity (Wildman–Crippen MR) is 97.4 cm³/mol. The summed E-state index contributed by atoms with van der Waals surface area (Å²) in [4.78, 5) is 17.0. The van der Waals surface area contributed by atoms with Crippen LogP contribution in [0.25, 0.3) is 5.69 Å². The first-order chi connectivity index (χ1) is 12.3. The zero-order valence-corrected chi connectivity index (χ0v) is 14.7. The quantitative estimate of drug-likeness (QED) is 0.861. The highest BCUT2D eigenvalue weighted by Gasteiger charge is 2.29. The molecule has 1 aromatic carbocycles. The van der Waals surface area contributed by atoms with Gasteiger partial charge in [0, 0.05) is 50.4 Å². The number of rotatable bonds is 4. The molecule has 1 aliphatic carbocycles. The molecule has 5 heteroatoms. The molecule has 2 aromatic rings. The van der Waals surface area contributed by atoms with Crippen molar-refractivity contribution in [1.29, 1.82) is 0 Å².